The highest BCUT2D eigenvalue weighted by molar-refractivity contribution is 6.59. The Morgan fingerprint density at radius 1 is 1.60 bits per heavy atom. The third-order valence-corrected chi connectivity index (χ3v) is 1.99. The molecule has 2 N–H and O–H groups in total. The van der Waals surface area contributed by atoms with Crippen LogP contribution in [0.3, 0.4) is 0 Å². The van der Waals surface area contributed by atoms with E-state index in [1.807, 2.05) is 13.0 Å². The molecule has 0 fully saturated rings. The maximum absolute atomic E-state index is 11.5. The molecule has 0 bridgehead atoms. The van der Waals surface area contributed by atoms with Crippen molar-refractivity contribution in [2.45, 2.75) is 20.8 Å². The fourth-order valence-corrected chi connectivity index (χ4v) is 1.03. The average Bonchev–Trinajstić information content (AvgIpc) is 2.18. The lowest BCUT2D eigenvalue weighted by Gasteiger charge is -2.11. The number of hydrogen-bond donors (Lipinski definition) is 2. The highest BCUT2D eigenvalue weighted by atomic mass is 16.2. The summed E-state index contributed by atoms with van der Waals surface area (Å²) in [7, 11) is -0.941. The Kier molecular flexibility index (Phi) is 6.46. The normalized spacial score (nSPS) is 13.7. The van der Waals surface area contributed by atoms with Crippen molar-refractivity contribution >= 4 is 13.0 Å². The number of rotatable bonds is 5. The zero-order valence-corrected chi connectivity index (χ0v) is 9.53. The van der Waals surface area contributed by atoms with Crippen LogP contribution in [0, 0.1) is 5.92 Å². The fraction of sp³-hybridized carbons (Fsp3) is 0.364. The van der Waals surface area contributed by atoms with E-state index < -0.39 is 7.05 Å². The van der Waals surface area contributed by atoms with Crippen LogP contribution in [0.5, 0.6) is 0 Å². The minimum atomic E-state index is -0.941. The van der Waals surface area contributed by atoms with Gasteiger partial charge in [-0.05, 0) is 13.8 Å². The lowest BCUT2D eigenvalue weighted by molar-refractivity contribution is -0.121. The SMILES string of the molecule is C=C/C=C(\C)B(O)NC(=O)C(C)/C=C\C. The van der Waals surface area contributed by atoms with Crippen LogP contribution in [-0.2, 0) is 4.79 Å². The van der Waals surface area contributed by atoms with Gasteiger partial charge in [-0.3, -0.25) is 4.79 Å². The molecule has 0 spiro atoms. The van der Waals surface area contributed by atoms with Crippen molar-refractivity contribution in [1.82, 2.24) is 5.23 Å². The first-order valence-corrected chi connectivity index (χ1v) is 4.93. The first kappa shape index (κ1) is 13.7. The molecule has 0 aliphatic carbocycles. The van der Waals surface area contributed by atoms with Crippen LogP contribution in [0.2, 0.25) is 0 Å². The highest BCUT2D eigenvalue weighted by Gasteiger charge is 2.19. The third kappa shape index (κ3) is 5.22. The summed E-state index contributed by atoms with van der Waals surface area (Å²) < 4.78 is 0. The van der Waals surface area contributed by atoms with Crippen LogP contribution in [-0.4, -0.2) is 18.0 Å². The molecule has 1 unspecified atom stereocenters. The Balaban J connectivity index is 4.29. The molecule has 0 aromatic carbocycles. The number of carbonyl (C=O) groups is 1. The molecule has 0 saturated carbocycles. The number of amides is 1. The summed E-state index contributed by atoms with van der Waals surface area (Å²) in [5.41, 5.74) is 0.658. The molecule has 0 radical (unpaired) electrons. The smallest absolute Gasteiger partial charge is 0.429 e. The van der Waals surface area contributed by atoms with E-state index in [2.05, 4.69) is 11.8 Å². The monoisotopic (exact) mass is 207 g/mol. The first-order chi connectivity index (χ1) is 7.02. The van der Waals surface area contributed by atoms with Gasteiger partial charge in [0.2, 0.25) is 5.91 Å². The van der Waals surface area contributed by atoms with E-state index in [0.29, 0.717) is 5.47 Å². The number of allylic oxidation sites excluding steroid dienone is 4. The topological polar surface area (TPSA) is 49.3 Å². The summed E-state index contributed by atoms with van der Waals surface area (Å²) >= 11 is 0. The summed E-state index contributed by atoms with van der Waals surface area (Å²) in [6, 6.07) is 0. The van der Waals surface area contributed by atoms with Gasteiger partial charge < -0.3 is 10.3 Å². The molecule has 0 heterocycles. The lowest BCUT2D eigenvalue weighted by Crippen LogP contribution is -2.42. The standard InChI is InChI=1S/C11H18BNO2/c1-5-7-9(3)11(14)13-12(15)10(4)8-6-2/h5-9,15H,2H2,1,3-4H3,(H,13,14)/b7-5-,10-8+. The van der Waals surface area contributed by atoms with Crippen LogP contribution in [0.1, 0.15) is 20.8 Å². The van der Waals surface area contributed by atoms with Crippen molar-refractivity contribution in [3.63, 3.8) is 0 Å². The van der Waals surface area contributed by atoms with Gasteiger partial charge in [-0.25, -0.2) is 0 Å². The van der Waals surface area contributed by atoms with Gasteiger partial charge >= 0.3 is 7.05 Å². The molecular weight excluding hydrogens is 189 g/mol. The molecule has 0 rings (SSSR count). The summed E-state index contributed by atoms with van der Waals surface area (Å²) in [6.07, 6.45) is 6.81. The van der Waals surface area contributed by atoms with E-state index in [4.69, 9.17) is 0 Å². The minimum absolute atomic E-state index is 0.197. The Morgan fingerprint density at radius 3 is 2.67 bits per heavy atom. The quantitative estimate of drug-likeness (QED) is 0.407. The second kappa shape index (κ2) is 7.07. The molecular formula is C11H18BNO2. The molecule has 0 saturated heterocycles. The summed E-state index contributed by atoms with van der Waals surface area (Å²) in [5, 5.41) is 12.1. The second-order valence-corrected chi connectivity index (χ2v) is 3.37. The van der Waals surface area contributed by atoms with Gasteiger partial charge in [0.25, 0.3) is 0 Å². The third-order valence-electron chi connectivity index (χ3n) is 1.99. The molecule has 0 aliphatic rings. The summed E-state index contributed by atoms with van der Waals surface area (Å²) in [4.78, 5) is 11.5. The molecule has 1 amide bonds. The second-order valence-electron chi connectivity index (χ2n) is 3.37. The van der Waals surface area contributed by atoms with Gasteiger partial charge in [-0.2, -0.15) is 0 Å². The van der Waals surface area contributed by atoms with E-state index in [9.17, 15) is 9.82 Å². The van der Waals surface area contributed by atoms with Gasteiger partial charge in [0.15, 0.2) is 0 Å². The maximum atomic E-state index is 11.5. The fourth-order valence-electron chi connectivity index (χ4n) is 1.03. The van der Waals surface area contributed by atoms with Crippen LogP contribution < -0.4 is 5.23 Å². The maximum Gasteiger partial charge on any atom is 0.444 e. The molecule has 82 valence electrons. The van der Waals surface area contributed by atoms with Crippen molar-refractivity contribution in [2.24, 2.45) is 5.92 Å². The molecule has 1 atom stereocenters. The number of nitrogens with one attached hydrogen (secondary N) is 1. The Morgan fingerprint density at radius 2 is 2.20 bits per heavy atom. The highest BCUT2D eigenvalue weighted by Crippen LogP contribution is 2.00. The van der Waals surface area contributed by atoms with Gasteiger partial charge in [-0.1, -0.05) is 43.3 Å². The lowest BCUT2D eigenvalue weighted by atomic mass is 9.73. The van der Waals surface area contributed by atoms with E-state index in [0.717, 1.165) is 0 Å². The zero-order chi connectivity index (χ0) is 11.8. The summed E-state index contributed by atoms with van der Waals surface area (Å²) in [6.45, 7) is 8.87. The molecule has 0 aromatic rings. The minimum Gasteiger partial charge on any atom is -0.429 e. The van der Waals surface area contributed by atoms with E-state index in [1.54, 1.807) is 32.1 Å². The van der Waals surface area contributed by atoms with Crippen molar-refractivity contribution in [1.29, 1.82) is 0 Å². The van der Waals surface area contributed by atoms with Crippen LogP contribution in [0.15, 0.2) is 36.4 Å². The van der Waals surface area contributed by atoms with Crippen molar-refractivity contribution in [3.05, 3.63) is 36.4 Å². The summed E-state index contributed by atoms with van der Waals surface area (Å²) in [5.74, 6) is -0.432. The molecule has 4 heteroatoms. The number of hydrogen-bond acceptors (Lipinski definition) is 2. The van der Waals surface area contributed by atoms with Gasteiger partial charge in [0.05, 0.1) is 5.92 Å². The largest absolute Gasteiger partial charge is 0.444 e. The van der Waals surface area contributed by atoms with Crippen molar-refractivity contribution in [3.8, 4) is 0 Å². The zero-order valence-electron chi connectivity index (χ0n) is 9.53. The van der Waals surface area contributed by atoms with E-state index in [-0.39, 0.29) is 11.8 Å². The van der Waals surface area contributed by atoms with Gasteiger partial charge in [0.1, 0.15) is 0 Å². The Bertz CT molecular complexity index is 284. The Labute approximate surface area is 91.7 Å². The molecule has 0 aromatic heterocycles. The number of carbonyl (C=O) groups excluding carboxylic acids is 1. The van der Waals surface area contributed by atoms with Crippen molar-refractivity contribution < 1.29 is 9.82 Å². The predicted octanol–water partition coefficient (Wildman–Crippen LogP) is 1.47. The Hall–Kier alpha value is -1.29. The van der Waals surface area contributed by atoms with E-state index >= 15 is 0 Å². The van der Waals surface area contributed by atoms with Crippen LogP contribution in [0.4, 0.5) is 0 Å². The van der Waals surface area contributed by atoms with Gasteiger partial charge in [-0.15, -0.1) is 0 Å². The first-order valence-electron chi connectivity index (χ1n) is 4.93. The molecule has 0 aliphatic heterocycles. The van der Waals surface area contributed by atoms with Crippen LogP contribution >= 0.6 is 0 Å². The van der Waals surface area contributed by atoms with Crippen LogP contribution in [0.25, 0.3) is 0 Å². The predicted molar refractivity (Wildman–Crippen MR) is 64.0 cm³/mol. The van der Waals surface area contributed by atoms with Gasteiger partial charge in [0, 0.05) is 0 Å². The van der Waals surface area contributed by atoms with E-state index in [1.165, 1.54) is 0 Å². The average molecular weight is 207 g/mol. The molecule has 3 nitrogen and oxygen atoms in total. The molecule has 15 heavy (non-hydrogen) atoms. The van der Waals surface area contributed by atoms with Crippen molar-refractivity contribution in [2.75, 3.05) is 0 Å².